The maximum atomic E-state index is 10.3. The number of nitrogens with one attached hydrogen (secondary N) is 1. The van der Waals surface area contributed by atoms with Crippen molar-refractivity contribution in [2.45, 2.75) is 6.42 Å². The summed E-state index contributed by atoms with van der Waals surface area (Å²) in [5.74, 6) is 0. The third kappa shape index (κ3) is 1.31. The molecule has 1 unspecified atom stereocenters. The fourth-order valence-electron chi connectivity index (χ4n) is 0.527. The molecule has 4 heteroatoms. The van der Waals surface area contributed by atoms with Crippen molar-refractivity contribution < 1.29 is 4.79 Å². The van der Waals surface area contributed by atoms with Crippen molar-refractivity contribution in [3.63, 3.8) is 0 Å². The van der Waals surface area contributed by atoms with Gasteiger partial charge in [-0.25, -0.2) is 0 Å². The molecule has 1 N–H and O–H groups in total. The average Bonchev–Trinajstić information content (AvgIpc) is 2.12. The molecule has 0 aromatic rings. The second kappa shape index (κ2) is 2.62. The zero-order valence-electron chi connectivity index (χ0n) is 4.19. The summed E-state index contributed by atoms with van der Waals surface area (Å²) in [5.41, 5.74) is 0. The molecule has 46 valence electrons. The van der Waals surface area contributed by atoms with Crippen molar-refractivity contribution in [3.05, 3.63) is 0 Å². The lowest BCUT2D eigenvalue weighted by atomic mass is 10.5. The normalized spacial score (nSPS) is 27.4. The number of carbonyl (C=O) groups is 1. The Bertz CT molecular complexity index is 145. The van der Waals surface area contributed by atoms with Crippen molar-refractivity contribution in [2.24, 2.45) is 0 Å². The van der Waals surface area contributed by atoms with Crippen LogP contribution in [0.4, 0.5) is 4.79 Å². The van der Waals surface area contributed by atoms with Gasteiger partial charge in [0.1, 0.15) is 0 Å². The highest BCUT2D eigenvalue weighted by Gasteiger charge is 2.06. The molecule has 0 aromatic heterocycles. The standard InChI is InChI=1S/C4H6ClNOS/c5-4(7)8-3-1-2-6-8/h3,6H,1-2H2. The van der Waals surface area contributed by atoms with Crippen LogP contribution in [0.2, 0.25) is 0 Å². The highest BCUT2D eigenvalue weighted by molar-refractivity contribution is 8.28. The van der Waals surface area contributed by atoms with Crippen LogP contribution in [0.3, 0.4) is 0 Å². The smallest absolute Gasteiger partial charge is 0.268 e. The Balaban J connectivity index is 2.57. The summed E-state index contributed by atoms with van der Waals surface area (Å²) in [6.45, 7) is 0.890. The van der Waals surface area contributed by atoms with Gasteiger partial charge in [-0.2, -0.15) is 0 Å². The van der Waals surface area contributed by atoms with E-state index in [2.05, 4.69) is 4.72 Å². The highest BCUT2D eigenvalue weighted by atomic mass is 35.5. The molecule has 0 aliphatic carbocycles. The molecule has 1 aliphatic heterocycles. The van der Waals surface area contributed by atoms with E-state index in [1.807, 2.05) is 5.37 Å². The Morgan fingerprint density at radius 1 is 1.88 bits per heavy atom. The monoisotopic (exact) mass is 151 g/mol. The van der Waals surface area contributed by atoms with Gasteiger partial charge in [-0.05, 0) is 34.1 Å². The number of carbonyl (C=O) groups excluding carboxylic acids is 1. The lowest BCUT2D eigenvalue weighted by Gasteiger charge is -1.92. The van der Waals surface area contributed by atoms with Gasteiger partial charge in [-0.3, -0.25) is 9.52 Å². The van der Waals surface area contributed by atoms with Crippen molar-refractivity contribution in [1.29, 1.82) is 0 Å². The SMILES string of the molecule is O=C(Cl)S1=CCCN1. The lowest BCUT2D eigenvalue weighted by molar-refractivity contribution is 0.275. The van der Waals surface area contributed by atoms with E-state index in [9.17, 15) is 4.79 Å². The Labute approximate surface area is 55.3 Å². The minimum Gasteiger partial charge on any atom is -0.268 e. The molecule has 1 heterocycles. The molecule has 8 heavy (non-hydrogen) atoms. The Morgan fingerprint density at radius 3 is 2.88 bits per heavy atom. The molecule has 0 saturated heterocycles. The first kappa shape index (κ1) is 6.26. The molecule has 1 aliphatic rings. The van der Waals surface area contributed by atoms with Crippen LogP contribution in [0.15, 0.2) is 0 Å². The molecule has 0 bridgehead atoms. The van der Waals surface area contributed by atoms with Crippen LogP contribution in [0, 0.1) is 0 Å². The van der Waals surface area contributed by atoms with Crippen LogP contribution in [-0.2, 0) is 0 Å². The second-order valence-electron chi connectivity index (χ2n) is 1.43. The molecule has 0 amide bonds. The van der Waals surface area contributed by atoms with Gasteiger partial charge in [-0.15, -0.1) is 0 Å². The number of hydrogen-bond acceptors (Lipinski definition) is 2. The topological polar surface area (TPSA) is 29.1 Å². The fraction of sp³-hybridized carbons (Fsp3) is 0.500. The molecule has 1 atom stereocenters. The van der Waals surface area contributed by atoms with Gasteiger partial charge in [0.05, 0.1) is 0 Å². The summed E-state index contributed by atoms with van der Waals surface area (Å²) >= 11 is 5.16. The molecule has 0 fully saturated rings. The van der Waals surface area contributed by atoms with Crippen LogP contribution < -0.4 is 4.72 Å². The van der Waals surface area contributed by atoms with Crippen molar-refractivity contribution in [1.82, 2.24) is 4.72 Å². The first-order chi connectivity index (χ1) is 3.80. The first-order valence-corrected chi connectivity index (χ1v) is 3.96. The predicted octanol–water partition coefficient (Wildman–Crippen LogP) is 1.32. The number of rotatable bonds is 0. The van der Waals surface area contributed by atoms with E-state index < -0.39 is 10.7 Å². The second-order valence-corrected chi connectivity index (χ2v) is 3.66. The van der Waals surface area contributed by atoms with Crippen molar-refractivity contribution >= 4 is 32.2 Å². The quantitative estimate of drug-likeness (QED) is 0.418. The zero-order chi connectivity index (χ0) is 5.98. The third-order valence-corrected chi connectivity index (χ3v) is 2.79. The van der Waals surface area contributed by atoms with E-state index in [-0.39, 0.29) is 4.57 Å². The Hall–Kier alpha value is 0.140. The molecule has 0 spiro atoms. The van der Waals surface area contributed by atoms with E-state index in [4.69, 9.17) is 11.6 Å². The maximum absolute atomic E-state index is 10.3. The summed E-state index contributed by atoms with van der Waals surface area (Å²) in [7, 11) is -0.427. The van der Waals surface area contributed by atoms with Gasteiger partial charge in [0.25, 0.3) is 4.57 Å². The highest BCUT2D eigenvalue weighted by Crippen LogP contribution is 2.16. The first-order valence-electron chi connectivity index (χ1n) is 2.30. The minimum atomic E-state index is -0.427. The average molecular weight is 152 g/mol. The van der Waals surface area contributed by atoms with Gasteiger partial charge in [0.2, 0.25) is 0 Å². The molecular weight excluding hydrogens is 146 g/mol. The molecule has 2 nitrogen and oxygen atoms in total. The van der Waals surface area contributed by atoms with E-state index in [1.165, 1.54) is 0 Å². The molecule has 0 saturated carbocycles. The van der Waals surface area contributed by atoms with Gasteiger partial charge in [-0.1, -0.05) is 0 Å². The minimum absolute atomic E-state index is 0.275. The van der Waals surface area contributed by atoms with E-state index in [1.54, 1.807) is 0 Å². The summed E-state index contributed by atoms with van der Waals surface area (Å²) in [6, 6.07) is 0. The fourth-order valence-corrected chi connectivity index (χ4v) is 1.93. The predicted molar refractivity (Wildman–Crippen MR) is 37.5 cm³/mol. The van der Waals surface area contributed by atoms with Crippen molar-refractivity contribution in [3.8, 4) is 0 Å². The van der Waals surface area contributed by atoms with Crippen LogP contribution >= 0.6 is 22.3 Å². The van der Waals surface area contributed by atoms with Crippen LogP contribution in [0.25, 0.3) is 0 Å². The van der Waals surface area contributed by atoms with E-state index in [0.29, 0.717) is 0 Å². The van der Waals surface area contributed by atoms with Gasteiger partial charge < -0.3 is 0 Å². The molecular formula is C4H6ClNOS. The summed E-state index contributed by atoms with van der Waals surface area (Å²) in [4.78, 5) is 10.3. The number of hydrogen-bond donors (Lipinski definition) is 1. The van der Waals surface area contributed by atoms with Crippen LogP contribution in [0.5, 0.6) is 0 Å². The van der Waals surface area contributed by atoms with Crippen molar-refractivity contribution in [2.75, 3.05) is 6.54 Å². The van der Waals surface area contributed by atoms with Crippen LogP contribution in [0.1, 0.15) is 6.42 Å². The van der Waals surface area contributed by atoms with Gasteiger partial charge in [0.15, 0.2) is 0 Å². The maximum Gasteiger partial charge on any atom is 0.287 e. The van der Waals surface area contributed by atoms with E-state index in [0.717, 1.165) is 13.0 Å². The zero-order valence-corrected chi connectivity index (χ0v) is 5.76. The lowest BCUT2D eigenvalue weighted by Crippen LogP contribution is -2.01. The summed E-state index contributed by atoms with van der Waals surface area (Å²) in [5, 5.41) is 1.91. The largest absolute Gasteiger partial charge is 0.287 e. The van der Waals surface area contributed by atoms with E-state index >= 15 is 0 Å². The van der Waals surface area contributed by atoms with Gasteiger partial charge >= 0.3 is 0 Å². The molecule has 1 rings (SSSR count). The van der Waals surface area contributed by atoms with Crippen LogP contribution in [-0.4, -0.2) is 16.5 Å². The Kier molecular flexibility index (Phi) is 2.05. The third-order valence-electron chi connectivity index (χ3n) is 0.859. The Morgan fingerprint density at radius 2 is 2.62 bits per heavy atom. The molecule has 0 radical (unpaired) electrons. The number of halogens is 1. The summed E-state index contributed by atoms with van der Waals surface area (Å²) in [6.07, 6.45) is 0.960. The van der Waals surface area contributed by atoms with Gasteiger partial charge in [0, 0.05) is 6.54 Å². The molecule has 0 aromatic carbocycles. The summed E-state index contributed by atoms with van der Waals surface area (Å²) < 4.78 is 2.67.